The van der Waals surface area contributed by atoms with Crippen molar-refractivity contribution in [2.24, 2.45) is 5.92 Å². The number of amides is 1. The van der Waals surface area contributed by atoms with Gasteiger partial charge in [-0.25, -0.2) is 9.37 Å². The van der Waals surface area contributed by atoms with E-state index in [4.69, 9.17) is 20.8 Å². The molecule has 3 heterocycles. The molecule has 1 aliphatic carbocycles. The lowest BCUT2D eigenvalue weighted by Gasteiger charge is -2.38. The van der Waals surface area contributed by atoms with Crippen molar-refractivity contribution in [3.8, 4) is 22.1 Å². The summed E-state index contributed by atoms with van der Waals surface area (Å²) in [5, 5.41) is 3.56. The molecule has 44 heavy (non-hydrogen) atoms. The zero-order valence-electron chi connectivity index (χ0n) is 25.2. The number of hydrogen-bond acceptors (Lipinski definition) is 7. The number of fused-ring (bicyclic) bond motifs is 1. The fourth-order valence-corrected chi connectivity index (χ4v) is 7.87. The highest BCUT2D eigenvalue weighted by Crippen LogP contribution is 2.51. The van der Waals surface area contributed by atoms with Crippen molar-refractivity contribution >= 4 is 48.5 Å². The minimum Gasteiger partial charge on any atom is -0.412 e. The minimum atomic E-state index is -3.84. The second-order valence-corrected chi connectivity index (χ2v) is 19.4. The second kappa shape index (κ2) is 11.2. The first-order valence-corrected chi connectivity index (χ1v) is 18.8. The molecule has 3 aliphatic rings. The summed E-state index contributed by atoms with van der Waals surface area (Å²) in [7, 11) is -1.99. The number of halogens is 4. The Morgan fingerprint density at radius 2 is 1.95 bits per heavy atom. The van der Waals surface area contributed by atoms with Gasteiger partial charge in [0.05, 0.1) is 28.1 Å². The summed E-state index contributed by atoms with van der Waals surface area (Å²) in [6, 6.07) is 6.19. The van der Waals surface area contributed by atoms with Gasteiger partial charge in [-0.1, -0.05) is 38.4 Å². The molecule has 1 saturated heterocycles. The predicted octanol–water partition coefficient (Wildman–Crippen LogP) is 8.46. The number of anilines is 2. The summed E-state index contributed by atoms with van der Waals surface area (Å²) < 4.78 is 60.2. The molecule has 0 bridgehead atoms. The first-order chi connectivity index (χ1) is 20.6. The van der Waals surface area contributed by atoms with Crippen LogP contribution >= 0.6 is 22.9 Å². The maximum Gasteiger partial charge on any atom is 0.586 e. The van der Waals surface area contributed by atoms with Crippen LogP contribution in [0.1, 0.15) is 50.5 Å². The molecule has 2 fully saturated rings. The van der Waals surface area contributed by atoms with E-state index in [2.05, 4.69) is 48.9 Å². The molecule has 236 valence electrons. The number of ether oxygens (including phenoxy) is 2. The second-order valence-electron chi connectivity index (χ2n) is 13.2. The lowest BCUT2D eigenvalue weighted by atomic mass is 10.1. The number of alkyl halides is 2. The number of nitrogens with one attached hydrogen (secondary N) is 1. The first kappa shape index (κ1) is 31.2. The topological polar surface area (TPSA) is 72.9 Å². The van der Waals surface area contributed by atoms with Crippen LogP contribution in [0.3, 0.4) is 0 Å². The van der Waals surface area contributed by atoms with Crippen molar-refractivity contribution in [1.82, 2.24) is 4.98 Å². The Morgan fingerprint density at radius 3 is 2.66 bits per heavy atom. The van der Waals surface area contributed by atoms with Crippen LogP contribution in [-0.4, -0.2) is 44.7 Å². The molecule has 2 aromatic carbocycles. The van der Waals surface area contributed by atoms with E-state index < -0.39 is 20.4 Å². The van der Waals surface area contributed by atoms with Gasteiger partial charge in [-0.2, -0.15) is 0 Å². The molecule has 0 spiro atoms. The van der Waals surface area contributed by atoms with Gasteiger partial charge in [0.15, 0.2) is 25.6 Å². The van der Waals surface area contributed by atoms with Crippen LogP contribution in [0.5, 0.6) is 11.5 Å². The monoisotopic (exact) mass is 665 g/mol. The molecule has 1 saturated carbocycles. The molecule has 1 atom stereocenters. The standard InChI is InChI=1S/C31H35ClF3N3O4SSi/c1-30(2,3)44(4,5)42-19-12-13-38(16-19)26-21(32)9-8-18(25(26)33)14-20-15-36-29(43-20)24-22(37-28(39)17-6-7-17)10-11-23-27(24)41-31(34,35)40-23/h8-11,15,17,19H,6-7,12-14,16H2,1-5H3,(H,37,39)/t19-/m1/s1. The number of nitrogens with zero attached hydrogens (tertiary/aromatic N) is 2. The third kappa shape index (κ3) is 6.18. The number of aromatic nitrogens is 1. The van der Waals surface area contributed by atoms with Gasteiger partial charge < -0.3 is 24.1 Å². The van der Waals surface area contributed by atoms with E-state index in [0.717, 1.165) is 19.3 Å². The van der Waals surface area contributed by atoms with Gasteiger partial charge in [0.2, 0.25) is 5.91 Å². The molecule has 6 rings (SSSR count). The third-order valence-electron chi connectivity index (χ3n) is 8.78. The fourth-order valence-electron chi connectivity index (χ4n) is 5.23. The first-order valence-electron chi connectivity index (χ1n) is 14.7. The Bertz CT molecular complexity index is 1610. The Hall–Kier alpha value is -2.80. The molecule has 0 unspecified atom stereocenters. The Labute approximate surface area is 264 Å². The molecule has 3 aromatic rings. The Kier molecular flexibility index (Phi) is 7.95. The van der Waals surface area contributed by atoms with Crippen molar-refractivity contribution in [2.75, 3.05) is 23.3 Å². The summed E-state index contributed by atoms with van der Waals surface area (Å²) in [6.45, 7) is 12.2. The molecular formula is C31H35ClF3N3O4SSi. The molecule has 1 N–H and O–H groups in total. The summed E-state index contributed by atoms with van der Waals surface area (Å²) >= 11 is 7.74. The molecular weight excluding hydrogens is 631 g/mol. The average molecular weight is 666 g/mol. The quantitative estimate of drug-likeness (QED) is 0.244. The van der Waals surface area contributed by atoms with Gasteiger partial charge in [0.25, 0.3) is 0 Å². The summed E-state index contributed by atoms with van der Waals surface area (Å²) in [4.78, 5) is 19.7. The number of carbonyl (C=O) groups is 1. The number of carbonyl (C=O) groups excluding carboxylic acids is 1. The smallest absolute Gasteiger partial charge is 0.412 e. The van der Waals surface area contributed by atoms with Crippen molar-refractivity contribution in [3.05, 3.63) is 51.7 Å². The number of rotatable bonds is 8. The van der Waals surface area contributed by atoms with Crippen LogP contribution < -0.4 is 19.7 Å². The molecule has 1 amide bonds. The van der Waals surface area contributed by atoms with Crippen molar-refractivity contribution in [3.63, 3.8) is 0 Å². The van der Waals surface area contributed by atoms with Crippen LogP contribution in [0.15, 0.2) is 30.5 Å². The maximum absolute atomic E-state index is 16.1. The molecule has 1 aromatic heterocycles. The summed E-state index contributed by atoms with van der Waals surface area (Å²) in [6.07, 6.45) is 0.285. The Balaban J connectivity index is 1.24. The van der Waals surface area contributed by atoms with Crippen LogP contribution in [0.4, 0.5) is 24.5 Å². The highest BCUT2D eigenvalue weighted by atomic mass is 35.5. The van der Waals surface area contributed by atoms with Gasteiger partial charge >= 0.3 is 6.29 Å². The third-order valence-corrected chi connectivity index (χ3v) is 14.6. The van der Waals surface area contributed by atoms with Gasteiger partial charge in [-0.3, -0.25) is 4.79 Å². The van der Waals surface area contributed by atoms with Crippen LogP contribution in [0.25, 0.3) is 10.6 Å². The fraction of sp³-hybridized carbons (Fsp3) is 0.484. The molecule has 2 aliphatic heterocycles. The molecule has 0 radical (unpaired) electrons. The molecule has 7 nitrogen and oxygen atoms in total. The van der Waals surface area contributed by atoms with E-state index in [1.807, 2.05) is 4.90 Å². The number of thiazole rings is 1. The van der Waals surface area contributed by atoms with E-state index >= 15 is 4.39 Å². The van der Waals surface area contributed by atoms with E-state index in [1.165, 1.54) is 23.5 Å². The van der Waals surface area contributed by atoms with Gasteiger partial charge in [-0.15, -0.1) is 20.1 Å². The minimum absolute atomic E-state index is 0.000142. The normalized spacial score (nSPS) is 19.5. The van der Waals surface area contributed by atoms with E-state index in [1.54, 1.807) is 18.3 Å². The predicted molar refractivity (Wildman–Crippen MR) is 168 cm³/mol. The molecule has 13 heteroatoms. The van der Waals surface area contributed by atoms with Crippen molar-refractivity contribution in [1.29, 1.82) is 0 Å². The van der Waals surface area contributed by atoms with E-state index in [9.17, 15) is 13.6 Å². The number of hydrogen-bond donors (Lipinski definition) is 1. The van der Waals surface area contributed by atoms with Crippen LogP contribution in [0, 0.1) is 11.7 Å². The van der Waals surface area contributed by atoms with Crippen molar-refractivity contribution in [2.45, 2.75) is 77.0 Å². The van der Waals surface area contributed by atoms with Gasteiger partial charge in [0, 0.05) is 36.5 Å². The maximum atomic E-state index is 16.1. The SMILES string of the molecule is CC(C)(C)[Si](C)(C)O[C@@H]1CCN(c2c(Cl)ccc(Cc3cnc(-c4c(NC(=O)C5CC5)ccc5c4OC(F)(F)O5)s3)c2F)C1. The highest BCUT2D eigenvalue weighted by molar-refractivity contribution is 7.15. The zero-order chi connectivity index (χ0) is 31.6. The van der Waals surface area contributed by atoms with Gasteiger partial charge in [0.1, 0.15) is 5.01 Å². The van der Waals surface area contributed by atoms with E-state index in [0.29, 0.717) is 44.9 Å². The van der Waals surface area contributed by atoms with Crippen LogP contribution in [0.2, 0.25) is 23.2 Å². The lowest BCUT2D eigenvalue weighted by Crippen LogP contribution is -2.44. The Morgan fingerprint density at radius 1 is 1.20 bits per heavy atom. The summed E-state index contributed by atoms with van der Waals surface area (Å²) in [5.74, 6) is -1.06. The summed E-state index contributed by atoms with van der Waals surface area (Å²) in [5.41, 5.74) is 1.28. The zero-order valence-corrected chi connectivity index (χ0v) is 27.8. The average Bonchev–Trinajstić information content (AvgIpc) is 3.38. The largest absolute Gasteiger partial charge is 0.586 e. The lowest BCUT2D eigenvalue weighted by molar-refractivity contribution is -0.286. The van der Waals surface area contributed by atoms with Gasteiger partial charge in [-0.05, 0) is 61.2 Å². The number of benzene rings is 2. The highest BCUT2D eigenvalue weighted by Gasteiger charge is 2.46. The van der Waals surface area contributed by atoms with Crippen molar-refractivity contribution < 1.29 is 31.9 Å². The van der Waals surface area contributed by atoms with Crippen LogP contribution in [-0.2, 0) is 15.6 Å². The van der Waals surface area contributed by atoms with E-state index in [-0.39, 0.29) is 46.5 Å².